The van der Waals surface area contributed by atoms with Crippen molar-refractivity contribution in [1.29, 1.82) is 0 Å². The highest BCUT2D eigenvalue weighted by atomic mass is 32.2. The standard InChI is InChI=1S/C37H42N2O10S2/c1-23(2)17-39(51(42,43)27-11-12-32-33(16-27)48-22-47-32)18-31(40)30(38-37(41)49-34-20-46-36-29(34)13-14-44-36)15-24-7-9-26(10-8-24)45-19-25-21-50-35-6-4-3-5-28(25)35/h3-12,16,21,23,29-31,34,36,40H,13-15,17-20,22H2,1-2H3,(H,38,41)/t29-,30+,31-,34-,36+/m1/s1. The first kappa shape index (κ1) is 35.5. The molecule has 3 aliphatic rings. The van der Waals surface area contributed by atoms with E-state index in [1.165, 1.54) is 26.5 Å². The van der Waals surface area contributed by atoms with E-state index in [1.54, 1.807) is 17.4 Å². The van der Waals surface area contributed by atoms with Crippen LogP contribution in [0.4, 0.5) is 4.79 Å². The van der Waals surface area contributed by atoms with E-state index in [9.17, 15) is 18.3 Å². The van der Waals surface area contributed by atoms with Crippen molar-refractivity contribution in [3.05, 3.63) is 83.2 Å². The van der Waals surface area contributed by atoms with Crippen LogP contribution >= 0.6 is 11.3 Å². The van der Waals surface area contributed by atoms with Gasteiger partial charge in [-0.05, 0) is 65.4 Å². The largest absolute Gasteiger partial charge is 0.489 e. The van der Waals surface area contributed by atoms with Crippen LogP contribution in [0.2, 0.25) is 0 Å². The predicted molar refractivity (Wildman–Crippen MR) is 189 cm³/mol. The van der Waals surface area contributed by atoms with Gasteiger partial charge >= 0.3 is 6.09 Å². The number of sulfonamides is 1. The van der Waals surface area contributed by atoms with Gasteiger partial charge in [0.2, 0.25) is 16.8 Å². The molecule has 51 heavy (non-hydrogen) atoms. The summed E-state index contributed by atoms with van der Waals surface area (Å²) in [6.45, 7) is 4.83. The average molecular weight is 739 g/mol. The molecule has 1 aromatic heterocycles. The molecule has 14 heteroatoms. The molecule has 4 aromatic rings. The third kappa shape index (κ3) is 8.11. The number of aliphatic hydroxyl groups is 1. The minimum absolute atomic E-state index is 0.0109. The number of hydrogen-bond acceptors (Lipinski definition) is 11. The molecule has 1 amide bonds. The van der Waals surface area contributed by atoms with Crippen LogP contribution in [-0.2, 0) is 37.3 Å². The molecule has 0 saturated carbocycles. The summed E-state index contributed by atoms with van der Waals surface area (Å²) in [5, 5.41) is 17.8. The topological polar surface area (TPSA) is 142 Å². The fourth-order valence-corrected chi connectivity index (χ4v) is 9.22. The highest BCUT2D eigenvalue weighted by Gasteiger charge is 2.44. The fourth-order valence-electron chi connectivity index (χ4n) is 6.64. The van der Waals surface area contributed by atoms with Gasteiger partial charge in [-0.25, -0.2) is 13.2 Å². The molecule has 0 radical (unpaired) electrons. The Morgan fingerprint density at radius 2 is 1.84 bits per heavy atom. The number of thiophene rings is 1. The SMILES string of the molecule is CC(C)CN(C[C@@H](O)[C@H](Cc1ccc(OCc2csc3ccccc23)cc1)NC(=O)O[C@@H]1CO[C@@H]2OCC[C@@H]21)S(=O)(=O)c1ccc2c(c1)OCO2. The zero-order valence-corrected chi connectivity index (χ0v) is 30.1. The minimum atomic E-state index is -4.07. The molecule has 0 spiro atoms. The Labute approximate surface area is 301 Å². The van der Waals surface area contributed by atoms with Gasteiger partial charge < -0.3 is 38.8 Å². The van der Waals surface area contributed by atoms with Gasteiger partial charge in [-0.15, -0.1) is 11.3 Å². The third-order valence-corrected chi connectivity index (χ3v) is 12.1. The molecule has 5 atom stereocenters. The van der Waals surface area contributed by atoms with E-state index < -0.39 is 40.7 Å². The minimum Gasteiger partial charge on any atom is -0.489 e. The summed E-state index contributed by atoms with van der Waals surface area (Å²) in [6, 6.07) is 19.2. The van der Waals surface area contributed by atoms with Crippen LogP contribution in [0.15, 0.2) is 77.0 Å². The normalized spacial score (nSPS) is 20.8. The number of aliphatic hydroxyl groups excluding tert-OH is 1. The van der Waals surface area contributed by atoms with E-state index in [4.69, 9.17) is 28.4 Å². The zero-order chi connectivity index (χ0) is 35.5. The summed E-state index contributed by atoms with van der Waals surface area (Å²) in [6.07, 6.45) is -2.00. The third-order valence-electron chi connectivity index (χ3n) is 9.29. The molecule has 0 aliphatic carbocycles. The summed E-state index contributed by atoms with van der Waals surface area (Å²) in [5.41, 5.74) is 1.91. The monoisotopic (exact) mass is 738 g/mol. The number of nitrogens with zero attached hydrogens (tertiary/aromatic N) is 1. The second-order valence-electron chi connectivity index (χ2n) is 13.4. The second kappa shape index (κ2) is 15.4. The molecular weight excluding hydrogens is 697 g/mol. The summed E-state index contributed by atoms with van der Waals surface area (Å²) in [4.78, 5) is 13.3. The van der Waals surface area contributed by atoms with Crippen LogP contribution in [0, 0.1) is 11.8 Å². The molecule has 0 unspecified atom stereocenters. The van der Waals surface area contributed by atoms with Crippen molar-refractivity contribution in [3.8, 4) is 17.2 Å². The van der Waals surface area contributed by atoms with Crippen LogP contribution in [0.25, 0.3) is 10.1 Å². The molecule has 2 N–H and O–H groups in total. The van der Waals surface area contributed by atoms with Gasteiger partial charge in [0.1, 0.15) is 18.5 Å². The summed E-state index contributed by atoms with van der Waals surface area (Å²) < 4.78 is 64.2. The van der Waals surface area contributed by atoms with Gasteiger partial charge in [-0.2, -0.15) is 4.31 Å². The highest BCUT2D eigenvalue weighted by molar-refractivity contribution is 7.89. The number of benzene rings is 3. The Hall–Kier alpha value is -3.92. The van der Waals surface area contributed by atoms with Crippen molar-refractivity contribution in [3.63, 3.8) is 0 Å². The van der Waals surface area contributed by atoms with Crippen LogP contribution < -0.4 is 19.5 Å². The lowest BCUT2D eigenvalue weighted by molar-refractivity contribution is -0.0907. The molecular formula is C37H42N2O10S2. The Morgan fingerprint density at radius 3 is 2.67 bits per heavy atom. The Kier molecular flexibility index (Phi) is 10.7. The van der Waals surface area contributed by atoms with Crippen molar-refractivity contribution in [2.24, 2.45) is 11.8 Å². The van der Waals surface area contributed by atoms with E-state index in [1.807, 2.05) is 50.2 Å². The number of nitrogens with one attached hydrogen (secondary N) is 1. The first-order valence-electron chi connectivity index (χ1n) is 17.1. The molecule has 3 aliphatic heterocycles. The maximum atomic E-state index is 14.0. The van der Waals surface area contributed by atoms with Crippen molar-refractivity contribution < 1.29 is 46.7 Å². The maximum Gasteiger partial charge on any atom is 0.407 e. The smallest absolute Gasteiger partial charge is 0.407 e. The lowest BCUT2D eigenvalue weighted by Gasteiger charge is -2.31. The first-order chi connectivity index (χ1) is 24.6. The Bertz CT molecular complexity index is 1930. The molecule has 4 heterocycles. The van der Waals surface area contributed by atoms with Crippen LogP contribution in [-0.4, -0.2) is 81.6 Å². The van der Waals surface area contributed by atoms with Gasteiger partial charge in [0.05, 0.1) is 36.2 Å². The van der Waals surface area contributed by atoms with E-state index >= 15 is 0 Å². The summed E-state index contributed by atoms with van der Waals surface area (Å²) in [7, 11) is -4.07. The average Bonchev–Trinajstić information content (AvgIpc) is 3.93. The number of amides is 1. The van der Waals surface area contributed by atoms with Crippen LogP contribution in [0.5, 0.6) is 17.2 Å². The molecule has 3 aromatic carbocycles. The van der Waals surface area contributed by atoms with Crippen molar-refractivity contribution >= 4 is 37.5 Å². The number of fused-ring (bicyclic) bond motifs is 3. The van der Waals surface area contributed by atoms with E-state index in [0.29, 0.717) is 36.9 Å². The number of ether oxygens (including phenoxy) is 6. The van der Waals surface area contributed by atoms with Gasteiger partial charge in [0, 0.05) is 29.4 Å². The summed E-state index contributed by atoms with van der Waals surface area (Å²) in [5.74, 6) is 1.36. The number of rotatable bonds is 14. The van der Waals surface area contributed by atoms with Crippen molar-refractivity contribution in [1.82, 2.24) is 9.62 Å². The quantitative estimate of drug-likeness (QED) is 0.175. The molecule has 0 bridgehead atoms. The Morgan fingerprint density at radius 1 is 1.04 bits per heavy atom. The molecule has 2 fully saturated rings. The van der Waals surface area contributed by atoms with Gasteiger partial charge in [-0.1, -0.05) is 44.2 Å². The number of carbonyl (C=O) groups is 1. The zero-order valence-electron chi connectivity index (χ0n) is 28.4. The number of carbonyl (C=O) groups excluding carboxylic acids is 1. The van der Waals surface area contributed by atoms with Gasteiger partial charge in [-0.3, -0.25) is 0 Å². The Balaban J connectivity index is 1.07. The second-order valence-corrected chi connectivity index (χ2v) is 16.3. The lowest BCUT2D eigenvalue weighted by atomic mass is 10.0. The molecule has 272 valence electrons. The van der Waals surface area contributed by atoms with Gasteiger partial charge in [0.25, 0.3) is 0 Å². The van der Waals surface area contributed by atoms with Crippen LogP contribution in [0.1, 0.15) is 31.4 Å². The van der Waals surface area contributed by atoms with Crippen LogP contribution in [0.3, 0.4) is 0 Å². The first-order valence-corrected chi connectivity index (χ1v) is 19.4. The van der Waals surface area contributed by atoms with Crippen molar-refractivity contribution in [2.45, 2.75) is 62.7 Å². The number of alkyl carbamates (subject to hydrolysis) is 1. The predicted octanol–water partition coefficient (Wildman–Crippen LogP) is 5.32. The summed E-state index contributed by atoms with van der Waals surface area (Å²) >= 11 is 1.68. The van der Waals surface area contributed by atoms with E-state index in [0.717, 1.165) is 11.1 Å². The lowest BCUT2D eigenvalue weighted by Crippen LogP contribution is -2.51. The highest BCUT2D eigenvalue weighted by Crippen LogP contribution is 2.35. The number of hydrogen-bond donors (Lipinski definition) is 2. The molecule has 2 saturated heterocycles. The molecule has 12 nitrogen and oxygen atoms in total. The fraction of sp³-hybridized carbons (Fsp3) is 0.432. The van der Waals surface area contributed by atoms with Gasteiger partial charge in [0.15, 0.2) is 17.8 Å². The maximum absolute atomic E-state index is 14.0. The van der Waals surface area contributed by atoms with E-state index in [2.05, 4.69) is 22.8 Å². The molecule has 7 rings (SSSR count). The van der Waals surface area contributed by atoms with E-state index in [-0.39, 0.29) is 49.6 Å². The van der Waals surface area contributed by atoms with Crippen molar-refractivity contribution in [2.75, 3.05) is 33.1 Å².